The van der Waals surface area contributed by atoms with Crippen LogP contribution in [0.1, 0.15) is 31.6 Å². The van der Waals surface area contributed by atoms with Gasteiger partial charge in [0, 0.05) is 33.7 Å². The van der Waals surface area contributed by atoms with Crippen LogP contribution < -0.4 is 0 Å². The summed E-state index contributed by atoms with van der Waals surface area (Å²) in [4.78, 5) is 25.5. The Kier molecular flexibility index (Phi) is 6.51. The number of nitrogens with zero attached hydrogens (tertiary/aromatic N) is 1. The van der Waals surface area contributed by atoms with Crippen LogP contribution in [0.3, 0.4) is 0 Å². The summed E-state index contributed by atoms with van der Waals surface area (Å²) in [6, 6.07) is 2.04. The van der Waals surface area contributed by atoms with Gasteiger partial charge >= 0.3 is 5.97 Å². The van der Waals surface area contributed by atoms with Gasteiger partial charge in [-0.1, -0.05) is 0 Å². The van der Waals surface area contributed by atoms with E-state index < -0.39 is 5.97 Å². The molecule has 0 atom stereocenters. The molecule has 6 heteroatoms. The molecule has 1 heterocycles. The first-order valence-electron chi connectivity index (χ1n) is 6.14. The maximum atomic E-state index is 12.1. The number of carbonyl (C=O) groups is 2. The highest BCUT2D eigenvalue weighted by Crippen LogP contribution is 2.21. The highest BCUT2D eigenvalue weighted by atomic mass is 79.9. The van der Waals surface area contributed by atoms with Crippen molar-refractivity contribution < 1.29 is 14.7 Å². The zero-order chi connectivity index (χ0) is 14.4. The topological polar surface area (TPSA) is 57.6 Å². The van der Waals surface area contributed by atoms with Gasteiger partial charge < -0.3 is 10.0 Å². The molecule has 1 aromatic rings. The first-order valence-corrected chi connectivity index (χ1v) is 7.81. The summed E-state index contributed by atoms with van der Waals surface area (Å²) in [5, 5.41) is 10.7. The third kappa shape index (κ3) is 5.74. The third-order valence-electron chi connectivity index (χ3n) is 2.72. The molecular formula is C13H18BrNO3S. The summed E-state index contributed by atoms with van der Waals surface area (Å²) in [5.74, 6) is -0.860. The fraction of sp³-hybridized carbons (Fsp3) is 0.538. The Morgan fingerprint density at radius 2 is 2.11 bits per heavy atom. The summed E-state index contributed by atoms with van der Waals surface area (Å²) in [5.41, 5.74) is 0. The highest BCUT2D eigenvalue weighted by molar-refractivity contribution is 9.10. The van der Waals surface area contributed by atoms with Gasteiger partial charge in [-0.3, -0.25) is 9.59 Å². The molecule has 0 spiro atoms. The van der Waals surface area contributed by atoms with Gasteiger partial charge in [0.25, 0.3) is 0 Å². The van der Waals surface area contributed by atoms with Crippen molar-refractivity contribution in [1.82, 2.24) is 4.90 Å². The molecule has 1 rings (SSSR count). The maximum absolute atomic E-state index is 12.1. The zero-order valence-corrected chi connectivity index (χ0v) is 13.5. The van der Waals surface area contributed by atoms with E-state index in [0.717, 1.165) is 9.35 Å². The largest absolute Gasteiger partial charge is 0.481 e. The van der Waals surface area contributed by atoms with Crippen molar-refractivity contribution in [3.63, 3.8) is 0 Å². The SMILES string of the molecule is CC(C)N(CCC(=O)O)C(=O)CCc1cc(Br)cs1. The molecule has 0 fully saturated rings. The Morgan fingerprint density at radius 3 is 2.58 bits per heavy atom. The van der Waals surface area contributed by atoms with Crippen LogP contribution in [0.4, 0.5) is 0 Å². The van der Waals surface area contributed by atoms with Crippen LogP contribution in [0.2, 0.25) is 0 Å². The predicted octanol–water partition coefficient (Wildman–Crippen LogP) is 3.15. The Hall–Kier alpha value is -0.880. The van der Waals surface area contributed by atoms with Gasteiger partial charge in [0.2, 0.25) is 5.91 Å². The number of hydrogen-bond acceptors (Lipinski definition) is 3. The molecular weight excluding hydrogens is 330 g/mol. The Bertz CT molecular complexity index is 445. The van der Waals surface area contributed by atoms with E-state index in [1.165, 1.54) is 0 Å². The van der Waals surface area contributed by atoms with E-state index in [0.29, 0.717) is 12.8 Å². The molecule has 0 aliphatic carbocycles. The number of carboxylic acid groups (broad SMARTS) is 1. The average molecular weight is 348 g/mol. The molecule has 4 nitrogen and oxygen atoms in total. The van der Waals surface area contributed by atoms with Gasteiger partial charge in [-0.05, 0) is 42.3 Å². The molecule has 0 radical (unpaired) electrons. The van der Waals surface area contributed by atoms with Gasteiger partial charge in [-0.25, -0.2) is 0 Å². The second-order valence-corrected chi connectivity index (χ2v) is 6.47. The minimum Gasteiger partial charge on any atom is -0.481 e. The molecule has 0 aliphatic rings. The number of carbonyl (C=O) groups excluding carboxylic acids is 1. The number of rotatable bonds is 7. The molecule has 106 valence electrons. The summed E-state index contributed by atoms with van der Waals surface area (Å²) >= 11 is 5.00. The van der Waals surface area contributed by atoms with E-state index in [1.807, 2.05) is 25.3 Å². The summed E-state index contributed by atoms with van der Waals surface area (Å²) < 4.78 is 1.03. The van der Waals surface area contributed by atoms with Gasteiger partial charge in [0.1, 0.15) is 0 Å². The average Bonchev–Trinajstić information content (AvgIpc) is 2.72. The minimum atomic E-state index is -0.874. The van der Waals surface area contributed by atoms with Crippen LogP contribution in [-0.4, -0.2) is 34.5 Å². The molecule has 1 aromatic heterocycles. The number of amides is 1. The van der Waals surface area contributed by atoms with E-state index in [-0.39, 0.29) is 24.9 Å². The number of halogens is 1. The van der Waals surface area contributed by atoms with E-state index >= 15 is 0 Å². The fourth-order valence-corrected chi connectivity index (χ4v) is 3.20. The number of hydrogen-bond donors (Lipinski definition) is 1. The number of thiophene rings is 1. The maximum Gasteiger partial charge on any atom is 0.305 e. The molecule has 0 bridgehead atoms. The number of carboxylic acids is 1. The van der Waals surface area contributed by atoms with Crippen molar-refractivity contribution in [2.75, 3.05) is 6.54 Å². The molecule has 19 heavy (non-hydrogen) atoms. The van der Waals surface area contributed by atoms with Gasteiger partial charge in [-0.2, -0.15) is 0 Å². The van der Waals surface area contributed by atoms with Crippen LogP contribution in [-0.2, 0) is 16.0 Å². The van der Waals surface area contributed by atoms with Crippen LogP contribution in [0, 0.1) is 0 Å². The Morgan fingerprint density at radius 1 is 1.42 bits per heavy atom. The molecule has 0 unspecified atom stereocenters. The van der Waals surface area contributed by atoms with Gasteiger partial charge in [0.05, 0.1) is 6.42 Å². The van der Waals surface area contributed by atoms with Crippen LogP contribution >= 0.6 is 27.3 Å². The third-order valence-corrected chi connectivity index (χ3v) is 4.47. The lowest BCUT2D eigenvalue weighted by Crippen LogP contribution is -2.38. The standard InChI is InChI=1S/C13H18BrNO3S/c1-9(2)15(6-5-13(17)18)12(16)4-3-11-7-10(14)8-19-11/h7-9H,3-6H2,1-2H3,(H,17,18). The van der Waals surface area contributed by atoms with Crippen LogP contribution in [0.5, 0.6) is 0 Å². The quantitative estimate of drug-likeness (QED) is 0.824. The summed E-state index contributed by atoms with van der Waals surface area (Å²) in [6.45, 7) is 4.09. The number of aryl methyl sites for hydroxylation is 1. The number of aliphatic carboxylic acids is 1. The molecule has 0 aliphatic heterocycles. The van der Waals surface area contributed by atoms with Crippen molar-refractivity contribution in [3.05, 3.63) is 20.8 Å². The first kappa shape index (κ1) is 16.2. The Balaban J connectivity index is 2.49. The zero-order valence-electron chi connectivity index (χ0n) is 11.1. The lowest BCUT2D eigenvalue weighted by molar-refractivity contribution is -0.139. The van der Waals surface area contributed by atoms with Crippen molar-refractivity contribution in [1.29, 1.82) is 0 Å². The lowest BCUT2D eigenvalue weighted by atomic mass is 10.2. The van der Waals surface area contributed by atoms with Gasteiger partial charge in [-0.15, -0.1) is 11.3 Å². The monoisotopic (exact) mass is 347 g/mol. The highest BCUT2D eigenvalue weighted by Gasteiger charge is 2.17. The fourth-order valence-electron chi connectivity index (χ4n) is 1.75. The molecule has 0 saturated heterocycles. The first-order chi connectivity index (χ1) is 8.90. The van der Waals surface area contributed by atoms with Crippen molar-refractivity contribution in [3.8, 4) is 0 Å². The van der Waals surface area contributed by atoms with Crippen molar-refractivity contribution in [2.45, 2.75) is 39.2 Å². The smallest absolute Gasteiger partial charge is 0.305 e. The van der Waals surface area contributed by atoms with E-state index in [4.69, 9.17) is 5.11 Å². The molecule has 1 N–H and O–H groups in total. The Labute approximate surface area is 125 Å². The second kappa shape index (κ2) is 7.65. The predicted molar refractivity (Wildman–Crippen MR) is 79.4 cm³/mol. The normalized spacial score (nSPS) is 10.7. The summed E-state index contributed by atoms with van der Waals surface area (Å²) in [7, 11) is 0. The second-order valence-electron chi connectivity index (χ2n) is 4.56. The van der Waals surface area contributed by atoms with Crippen molar-refractivity contribution >= 4 is 39.1 Å². The van der Waals surface area contributed by atoms with E-state index in [1.54, 1.807) is 16.2 Å². The molecule has 0 saturated carbocycles. The minimum absolute atomic E-state index is 0.00549. The van der Waals surface area contributed by atoms with E-state index in [9.17, 15) is 9.59 Å². The van der Waals surface area contributed by atoms with Gasteiger partial charge in [0.15, 0.2) is 0 Å². The van der Waals surface area contributed by atoms with E-state index in [2.05, 4.69) is 15.9 Å². The molecule has 1 amide bonds. The van der Waals surface area contributed by atoms with Crippen LogP contribution in [0.25, 0.3) is 0 Å². The van der Waals surface area contributed by atoms with Crippen LogP contribution in [0.15, 0.2) is 15.9 Å². The molecule has 0 aromatic carbocycles. The lowest BCUT2D eigenvalue weighted by Gasteiger charge is -2.26. The van der Waals surface area contributed by atoms with Crippen molar-refractivity contribution in [2.24, 2.45) is 0 Å². The summed E-state index contributed by atoms with van der Waals surface area (Å²) in [6.07, 6.45) is 1.12.